The number of rotatable bonds is 1. The predicted molar refractivity (Wildman–Crippen MR) is 171 cm³/mol. The van der Waals surface area contributed by atoms with E-state index in [-0.39, 0.29) is 5.41 Å². The Morgan fingerprint density at radius 1 is 0.400 bits per heavy atom. The molecule has 0 fully saturated rings. The monoisotopic (exact) mass is 508 g/mol. The van der Waals surface area contributed by atoms with Crippen LogP contribution in [0.25, 0.3) is 76.8 Å². The summed E-state index contributed by atoms with van der Waals surface area (Å²) in [5.41, 5.74) is 15.0. The number of hydrogen-bond donors (Lipinski definition) is 0. The van der Waals surface area contributed by atoms with Gasteiger partial charge in [0.1, 0.15) is 0 Å². The fourth-order valence-electron chi connectivity index (χ4n) is 7.90. The van der Waals surface area contributed by atoms with Gasteiger partial charge in [0.15, 0.2) is 0 Å². The zero-order chi connectivity index (χ0) is 26.7. The van der Waals surface area contributed by atoms with Crippen molar-refractivity contribution in [2.24, 2.45) is 0 Å². The summed E-state index contributed by atoms with van der Waals surface area (Å²) in [7, 11) is 0. The van der Waals surface area contributed by atoms with E-state index in [1.165, 1.54) is 93.5 Å². The first-order valence-electron chi connectivity index (χ1n) is 14.3. The molecule has 0 nitrogen and oxygen atoms in total. The summed E-state index contributed by atoms with van der Waals surface area (Å²) in [6.07, 6.45) is 0. The van der Waals surface area contributed by atoms with Gasteiger partial charge in [-0.2, -0.15) is 0 Å². The van der Waals surface area contributed by atoms with Crippen molar-refractivity contribution in [3.8, 4) is 44.5 Å². The van der Waals surface area contributed by atoms with Crippen LogP contribution in [0.4, 0.5) is 0 Å². The highest BCUT2D eigenvalue weighted by atomic mass is 14.4. The number of benzene rings is 7. The lowest BCUT2D eigenvalue weighted by molar-refractivity contribution is 0.661. The highest BCUT2D eigenvalue weighted by molar-refractivity contribution is 6.24. The minimum Gasteiger partial charge on any atom is -0.0619 e. The van der Waals surface area contributed by atoms with E-state index >= 15 is 0 Å². The Bertz CT molecular complexity index is 2210. The first kappa shape index (κ1) is 22.2. The van der Waals surface area contributed by atoms with Gasteiger partial charge in [0.05, 0.1) is 0 Å². The molecule has 0 bridgehead atoms. The van der Waals surface area contributed by atoms with Crippen molar-refractivity contribution in [1.82, 2.24) is 0 Å². The zero-order valence-corrected chi connectivity index (χ0v) is 23.0. The molecule has 2 aliphatic rings. The van der Waals surface area contributed by atoms with Gasteiger partial charge in [0.25, 0.3) is 0 Å². The van der Waals surface area contributed by atoms with E-state index in [4.69, 9.17) is 0 Å². The second-order valence-corrected chi connectivity index (χ2v) is 12.1. The van der Waals surface area contributed by atoms with Crippen LogP contribution in [0.3, 0.4) is 0 Å². The summed E-state index contributed by atoms with van der Waals surface area (Å²) in [6, 6.07) is 43.4. The molecular formula is C40H28. The summed E-state index contributed by atoms with van der Waals surface area (Å²) in [5.74, 6) is 0. The lowest BCUT2D eigenvalue weighted by Gasteiger charge is -2.23. The Balaban J connectivity index is 1.46. The van der Waals surface area contributed by atoms with Crippen LogP contribution < -0.4 is 0 Å². The molecule has 0 saturated carbocycles. The highest BCUT2D eigenvalue weighted by Gasteiger charge is 2.36. The predicted octanol–water partition coefficient (Wildman–Crippen LogP) is 11.1. The molecule has 0 aromatic heterocycles. The van der Waals surface area contributed by atoms with Crippen LogP contribution in [0.2, 0.25) is 0 Å². The maximum absolute atomic E-state index is 2.51. The van der Waals surface area contributed by atoms with Crippen LogP contribution in [0, 0.1) is 6.92 Å². The molecule has 0 aliphatic heterocycles. The molecule has 2 aliphatic carbocycles. The molecule has 0 N–H and O–H groups in total. The van der Waals surface area contributed by atoms with Crippen molar-refractivity contribution in [3.05, 3.63) is 132 Å². The van der Waals surface area contributed by atoms with E-state index < -0.39 is 0 Å². The first-order chi connectivity index (χ1) is 19.5. The van der Waals surface area contributed by atoms with Crippen molar-refractivity contribution in [2.75, 3.05) is 0 Å². The SMILES string of the molecule is Cc1c2ccccc2c(-c2ccc3c4c(cccc24)-c2ccccc2-3)c2cc3c(cc12)C(C)(C)c1ccccc1-3. The minimum absolute atomic E-state index is 0.0217. The Morgan fingerprint density at radius 2 is 1.00 bits per heavy atom. The number of aryl methyl sites for hydroxylation is 1. The Kier molecular flexibility index (Phi) is 4.15. The molecule has 0 unspecified atom stereocenters. The van der Waals surface area contributed by atoms with Crippen LogP contribution >= 0.6 is 0 Å². The Morgan fingerprint density at radius 3 is 1.80 bits per heavy atom. The molecule has 188 valence electrons. The third kappa shape index (κ3) is 2.62. The van der Waals surface area contributed by atoms with Crippen molar-refractivity contribution >= 4 is 32.3 Å². The highest BCUT2D eigenvalue weighted by Crippen LogP contribution is 2.54. The van der Waals surface area contributed by atoms with Gasteiger partial charge in [-0.15, -0.1) is 0 Å². The lowest BCUT2D eigenvalue weighted by Crippen LogP contribution is -2.14. The molecule has 40 heavy (non-hydrogen) atoms. The number of fused-ring (bicyclic) bond motifs is 8. The average molecular weight is 509 g/mol. The van der Waals surface area contributed by atoms with E-state index in [2.05, 4.69) is 136 Å². The molecule has 9 rings (SSSR count). The van der Waals surface area contributed by atoms with Gasteiger partial charge in [-0.25, -0.2) is 0 Å². The van der Waals surface area contributed by atoms with Crippen molar-refractivity contribution in [1.29, 1.82) is 0 Å². The zero-order valence-electron chi connectivity index (χ0n) is 23.0. The lowest BCUT2D eigenvalue weighted by atomic mass is 9.80. The molecule has 0 radical (unpaired) electrons. The molecule has 0 atom stereocenters. The van der Waals surface area contributed by atoms with Crippen LogP contribution in [0.5, 0.6) is 0 Å². The van der Waals surface area contributed by atoms with Gasteiger partial charge < -0.3 is 0 Å². The molecule has 0 spiro atoms. The summed E-state index contributed by atoms with van der Waals surface area (Å²) >= 11 is 0. The van der Waals surface area contributed by atoms with Crippen molar-refractivity contribution in [2.45, 2.75) is 26.2 Å². The summed E-state index contributed by atoms with van der Waals surface area (Å²) in [5, 5.41) is 8.09. The van der Waals surface area contributed by atoms with Gasteiger partial charge in [-0.1, -0.05) is 117 Å². The largest absolute Gasteiger partial charge is 0.0619 e. The van der Waals surface area contributed by atoms with Gasteiger partial charge in [-0.3, -0.25) is 0 Å². The van der Waals surface area contributed by atoms with Gasteiger partial charge in [0.2, 0.25) is 0 Å². The third-order valence-electron chi connectivity index (χ3n) is 9.81. The van der Waals surface area contributed by atoms with E-state index in [0.717, 1.165) is 0 Å². The second kappa shape index (κ2) is 7.49. The molecule has 0 amide bonds. The Labute approximate surface area is 234 Å². The standard InChI is InChI=1S/C40H28/c1-23-24-11-4-7-15-28(24)39(35-21-34-27-14-8-9-18-36(27)40(2,3)37(34)22-33(23)35)32-20-19-31-26-13-6-5-12-25(26)29-16-10-17-30(32)38(29)31/h4-22H,1-3H3. The molecular weight excluding hydrogens is 480 g/mol. The normalized spacial score (nSPS) is 14.1. The van der Waals surface area contributed by atoms with Crippen LogP contribution in [-0.2, 0) is 5.41 Å². The van der Waals surface area contributed by atoms with Crippen LogP contribution in [-0.4, -0.2) is 0 Å². The van der Waals surface area contributed by atoms with Gasteiger partial charge in [-0.05, 0) is 113 Å². The maximum Gasteiger partial charge on any atom is 0.0159 e. The minimum atomic E-state index is -0.0217. The summed E-state index contributed by atoms with van der Waals surface area (Å²) < 4.78 is 0. The Hall–Kier alpha value is -4.68. The molecule has 0 heterocycles. The van der Waals surface area contributed by atoms with Gasteiger partial charge >= 0.3 is 0 Å². The number of hydrogen-bond acceptors (Lipinski definition) is 0. The van der Waals surface area contributed by atoms with Crippen molar-refractivity contribution in [3.63, 3.8) is 0 Å². The average Bonchev–Trinajstić information content (AvgIpc) is 3.43. The second-order valence-electron chi connectivity index (χ2n) is 12.1. The van der Waals surface area contributed by atoms with E-state index in [1.807, 2.05) is 0 Å². The summed E-state index contributed by atoms with van der Waals surface area (Å²) in [4.78, 5) is 0. The fourth-order valence-corrected chi connectivity index (χ4v) is 7.90. The first-order valence-corrected chi connectivity index (χ1v) is 14.3. The van der Waals surface area contributed by atoms with Crippen molar-refractivity contribution < 1.29 is 0 Å². The van der Waals surface area contributed by atoms with E-state index in [0.29, 0.717) is 0 Å². The van der Waals surface area contributed by atoms with Gasteiger partial charge in [0, 0.05) is 5.41 Å². The van der Waals surface area contributed by atoms with Crippen LogP contribution in [0.15, 0.2) is 115 Å². The van der Waals surface area contributed by atoms with E-state index in [9.17, 15) is 0 Å². The molecule has 7 aromatic carbocycles. The fraction of sp³-hybridized carbons (Fsp3) is 0.100. The topological polar surface area (TPSA) is 0 Å². The quantitative estimate of drug-likeness (QED) is 0.193. The maximum atomic E-state index is 2.51. The molecule has 0 heteroatoms. The summed E-state index contributed by atoms with van der Waals surface area (Å²) in [6.45, 7) is 7.06. The third-order valence-corrected chi connectivity index (χ3v) is 9.81. The molecule has 0 saturated heterocycles. The molecule has 7 aromatic rings. The van der Waals surface area contributed by atoms with Crippen LogP contribution in [0.1, 0.15) is 30.5 Å². The van der Waals surface area contributed by atoms with E-state index in [1.54, 1.807) is 0 Å². The smallest absolute Gasteiger partial charge is 0.0159 e.